The number of nitrogens with zero attached hydrogens (tertiary/aromatic N) is 4. The molecule has 3 heterocycles. The van der Waals surface area contributed by atoms with Crippen molar-refractivity contribution < 1.29 is 28.1 Å². The summed E-state index contributed by atoms with van der Waals surface area (Å²) in [7, 11) is 3.06. The zero-order chi connectivity index (χ0) is 29.1. The van der Waals surface area contributed by atoms with E-state index in [1.807, 2.05) is 26.8 Å². The number of benzene rings is 2. The van der Waals surface area contributed by atoms with Crippen molar-refractivity contribution in [2.24, 2.45) is 0 Å². The van der Waals surface area contributed by atoms with E-state index in [-0.39, 0.29) is 17.1 Å². The quantitative estimate of drug-likeness (QED) is 0.234. The summed E-state index contributed by atoms with van der Waals surface area (Å²) in [4.78, 5) is 21.9. The lowest BCUT2D eigenvalue weighted by Crippen LogP contribution is -2.15. The summed E-state index contributed by atoms with van der Waals surface area (Å²) in [5, 5.41) is 7.77. The van der Waals surface area contributed by atoms with Gasteiger partial charge < -0.3 is 24.3 Å². The number of anilines is 1. The number of nitrogens with one attached hydrogen (secondary N) is 1. The van der Waals surface area contributed by atoms with Crippen LogP contribution in [-0.2, 0) is 0 Å². The van der Waals surface area contributed by atoms with Crippen LogP contribution in [0.15, 0.2) is 61.1 Å². The Morgan fingerprint density at radius 2 is 1.68 bits per heavy atom. The van der Waals surface area contributed by atoms with Gasteiger partial charge in [-0.1, -0.05) is 0 Å². The lowest BCUT2D eigenvalue weighted by Gasteiger charge is -2.13. The van der Waals surface area contributed by atoms with Gasteiger partial charge in [-0.3, -0.25) is 14.8 Å². The normalized spacial score (nSPS) is 10.9. The number of halogens is 1. The second-order valence-corrected chi connectivity index (χ2v) is 9.02. The lowest BCUT2D eigenvalue weighted by atomic mass is 10.2. The first kappa shape index (κ1) is 27.4. The highest BCUT2D eigenvalue weighted by Crippen LogP contribution is 2.37. The molecular weight excluding hydrogens is 529 g/mol. The Morgan fingerprint density at radius 3 is 2.39 bits per heavy atom. The second-order valence-electron chi connectivity index (χ2n) is 9.02. The van der Waals surface area contributed by atoms with Crippen molar-refractivity contribution in [2.45, 2.75) is 20.8 Å². The molecule has 0 aliphatic rings. The largest absolute Gasteiger partial charge is 0.493 e. The third-order valence-corrected chi connectivity index (χ3v) is 6.35. The SMILES string of the molecule is CCOc1cn(-c2c(C)ccnc2C)nc1C(=O)Nc1ccc(Oc2ccnc3cc(OC)c(OC)cc23)c(F)c1. The zero-order valence-corrected chi connectivity index (χ0v) is 23.2. The number of carbonyl (C=O) groups excluding carboxylic acids is 1. The van der Waals surface area contributed by atoms with E-state index in [0.717, 1.165) is 16.9 Å². The van der Waals surface area contributed by atoms with Gasteiger partial charge >= 0.3 is 0 Å². The summed E-state index contributed by atoms with van der Waals surface area (Å²) in [6.45, 7) is 5.94. The molecule has 5 aromatic rings. The summed E-state index contributed by atoms with van der Waals surface area (Å²) in [6, 6.07) is 11.1. The summed E-state index contributed by atoms with van der Waals surface area (Å²) in [5.41, 5.74) is 3.30. The Balaban J connectivity index is 1.40. The predicted molar refractivity (Wildman–Crippen MR) is 151 cm³/mol. The minimum atomic E-state index is -0.676. The molecule has 1 N–H and O–H groups in total. The van der Waals surface area contributed by atoms with Crippen molar-refractivity contribution >= 4 is 22.5 Å². The van der Waals surface area contributed by atoms with Gasteiger partial charge in [-0.05, 0) is 56.7 Å². The monoisotopic (exact) mass is 557 g/mol. The molecule has 10 nitrogen and oxygen atoms in total. The van der Waals surface area contributed by atoms with E-state index < -0.39 is 11.7 Å². The molecule has 0 atom stereocenters. The van der Waals surface area contributed by atoms with Crippen LogP contribution in [0, 0.1) is 19.7 Å². The Morgan fingerprint density at radius 1 is 0.927 bits per heavy atom. The standard InChI is InChI=1S/C30H28FN5O5/c1-6-40-27-16-36(29-17(2)9-11-32-18(29)3)35-28(27)30(37)34-19-7-8-24(21(31)13-19)41-23-10-12-33-22-15-26(39-5)25(38-4)14-20(22)23/h7-16H,6H2,1-5H3,(H,34,37). The molecule has 1 amide bonds. The molecule has 41 heavy (non-hydrogen) atoms. The average molecular weight is 558 g/mol. The number of ether oxygens (including phenoxy) is 4. The molecular formula is C30H28FN5O5. The predicted octanol–water partition coefficient (Wildman–Crippen LogP) is 6.03. The number of amides is 1. The Hall–Kier alpha value is -5.19. The van der Waals surface area contributed by atoms with Crippen molar-refractivity contribution in [2.75, 3.05) is 26.1 Å². The molecule has 3 aromatic heterocycles. The molecule has 0 aliphatic heterocycles. The van der Waals surface area contributed by atoms with Crippen LogP contribution in [0.3, 0.4) is 0 Å². The van der Waals surface area contributed by atoms with Gasteiger partial charge in [0.2, 0.25) is 0 Å². The van der Waals surface area contributed by atoms with E-state index in [1.54, 1.807) is 41.5 Å². The van der Waals surface area contributed by atoms with Crippen molar-refractivity contribution in [1.82, 2.24) is 19.7 Å². The molecule has 0 spiro atoms. The third kappa shape index (κ3) is 5.46. The van der Waals surface area contributed by atoms with E-state index in [1.165, 1.54) is 32.4 Å². The highest BCUT2D eigenvalue weighted by molar-refractivity contribution is 6.04. The van der Waals surface area contributed by atoms with Crippen LogP contribution in [0.4, 0.5) is 10.1 Å². The summed E-state index contributed by atoms with van der Waals surface area (Å²) in [5.74, 6) is 0.403. The van der Waals surface area contributed by atoms with Crippen LogP contribution in [-0.4, -0.2) is 46.5 Å². The van der Waals surface area contributed by atoms with E-state index in [4.69, 9.17) is 18.9 Å². The number of rotatable bonds is 9. The van der Waals surface area contributed by atoms with Gasteiger partial charge in [0.1, 0.15) is 5.75 Å². The topological polar surface area (TPSA) is 110 Å². The van der Waals surface area contributed by atoms with Crippen molar-refractivity contribution in [1.29, 1.82) is 0 Å². The van der Waals surface area contributed by atoms with Crippen LogP contribution in [0.25, 0.3) is 16.6 Å². The number of methoxy groups -OCH3 is 2. The maximum absolute atomic E-state index is 15.2. The van der Waals surface area contributed by atoms with Crippen molar-refractivity contribution in [3.63, 3.8) is 0 Å². The number of pyridine rings is 2. The van der Waals surface area contributed by atoms with Gasteiger partial charge in [-0.15, -0.1) is 0 Å². The van der Waals surface area contributed by atoms with Crippen molar-refractivity contribution in [3.05, 3.63) is 83.8 Å². The minimum Gasteiger partial charge on any atom is -0.493 e. The first-order valence-electron chi connectivity index (χ1n) is 12.8. The number of aryl methyl sites for hydroxylation is 2. The van der Waals surface area contributed by atoms with E-state index >= 15 is 4.39 Å². The third-order valence-electron chi connectivity index (χ3n) is 6.35. The Kier molecular flexibility index (Phi) is 7.68. The number of fused-ring (bicyclic) bond motifs is 1. The molecule has 2 aromatic carbocycles. The van der Waals surface area contributed by atoms with Crippen LogP contribution >= 0.6 is 0 Å². The first-order chi connectivity index (χ1) is 19.8. The molecule has 0 aliphatic carbocycles. The fraction of sp³-hybridized carbons (Fsp3) is 0.200. The van der Waals surface area contributed by atoms with Crippen LogP contribution < -0.4 is 24.3 Å². The van der Waals surface area contributed by atoms with Gasteiger partial charge in [-0.25, -0.2) is 9.07 Å². The second kappa shape index (κ2) is 11.5. The molecule has 11 heteroatoms. The molecule has 0 saturated carbocycles. The Bertz CT molecular complexity index is 1730. The molecule has 0 saturated heterocycles. The van der Waals surface area contributed by atoms with Crippen molar-refractivity contribution in [3.8, 4) is 34.4 Å². The van der Waals surface area contributed by atoms with Crippen LogP contribution in [0.2, 0.25) is 0 Å². The average Bonchev–Trinajstić information content (AvgIpc) is 3.37. The summed E-state index contributed by atoms with van der Waals surface area (Å²) < 4.78 is 39.0. The number of aromatic nitrogens is 4. The van der Waals surface area contributed by atoms with Crippen LogP contribution in [0.5, 0.6) is 28.7 Å². The summed E-state index contributed by atoms with van der Waals surface area (Å²) >= 11 is 0. The highest BCUT2D eigenvalue weighted by atomic mass is 19.1. The molecule has 0 fully saturated rings. The lowest BCUT2D eigenvalue weighted by molar-refractivity contribution is 0.101. The molecule has 0 unspecified atom stereocenters. The van der Waals surface area contributed by atoms with Gasteiger partial charge in [0.25, 0.3) is 5.91 Å². The fourth-order valence-electron chi connectivity index (χ4n) is 4.43. The van der Waals surface area contributed by atoms with E-state index in [2.05, 4.69) is 20.4 Å². The molecule has 5 rings (SSSR count). The zero-order valence-electron chi connectivity index (χ0n) is 23.2. The van der Waals surface area contributed by atoms with Gasteiger partial charge in [0.15, 0.2) is 34.5 Å². The maximum atomic E-state index is 15.2. The van der Waals surface area contributed by atoms with Gasteiger partial charge in [0, 0.05) is 35.6 Å². The first-order valence-corrected chi connectivity index (χ1v) is 12.8. The highest BCUT2D eigenvalue weighted by Gasteiger charge is 2.21. The fourth-order valence-corrected chi connectivity index (χ4v) is 4.43. The van der Waals surface area contributed by atoms with Gasteiger partial charge in [0.05, 0.1) is 43.9 Å². The summed E-state index contributed by atoms with van der Waals surface area (Å²) in [6.07, 6.45) is 4.90. The maximum Gasteiger partial charge on any atom is 0.280 e. The smallest absolute Gasteiger partial charge is 0.280 e. The number of hydrogen-bond acceptors (Lipinski definition) is 8. The van der Waals surface area contributed by atoms with Gasteiger partial charge in [-0.2, -0.15) is 5.10 Å². The Labute approximate surface area is 235 Å². The molecule has 210 valence electrons. The van der Waals surface area contributed by atoms with E-state index in [9.17, 15) is 4.79 Å². The van der Waals surface area contributed by atoms with E-state index in [0.29, 0.717) is 40.5 Å². The minimum absolute atomic E-state index is 0.0351. The molecule has 0 radical (unpaired) electrons. The number of carbonyl (C=O) groups is 1. The molecule has 0 bridgehead atoms. The number of hydrogen-bond donors (Lipinski definition) is 1. The van der Waals surface area contributed by atoms with Crippen LogP contribution in [0.1, 0.15) is 28.7 Å².